The summed E-state index contributed by atoms with van der Waals surface area (Å²) in [5.74, 6) is 0.0823. The van der Waals surface area contributed by atoms with E-state index >= 15 is 0 Å². The Balaban J connectivity index is 2.51. The van der Waals surface area contributed by atoms with Gasteiger partial charge in [-0.2, -0.15) is 5.26 Å². The van der Waals surface area contributed by atoms with E-state index < -0.39 is 10.5 Å². The molecule has 0 bridgehead atoms. The van der Waals surface area contributed by atoms with Gasteiger partial charge >= 0.3 is 0 Å². The van der Waals surface area contributed by atoms with Crippen molar-refractivity contribution in [3.63, 3.8) is 0 Å². The Kier molecular flexibility index (Phi) is 3.32. The molecule has 1 heterocycles. The van der Waals surface area contributed by atoms with E-state index in [0.717, 1.165) is 0 Å². The first-order valence-corrected chi connectivity index (χ1v) is 6.03. The fourth-order valence-corrected chi connectivity index (χ4v) is 2.05. The summed E-state index contributed by atoms with van der Waals surface area (Å²) in [7, 11) is 0. The summed E-state index contributed by atoms with van der Waals surface area (Å²) in [4.78, 5) is 24.0. The molecule has 0 radical (unpaired) electrons. The van der Waals surface area contributed by atoms with E-state index in [1.165, 1.54) is 23.1 Å². The second-order valence-corrected chi connectivity index (χ2v) is 4.89. The largest absolute Gasteiger partial charge is 0.476 e. The molecule has 0 aliphatic carbocycles. The lowest BCUT2D eigenvalue weighted by molar-refractivity contribution is -0.384. The van der Waals surface area contributed by atoms with Gasteiger partial charge in [0.1, 0.15) is 5.75 Å². The number of nitrogens with zero attached hydrogens (tertiary/aromatic N) is 3. The SMILES string of the molecule is CC1(C)Oc2ccc([N+](=O)[O-])cc2N(CCC#N)C1=O. The first-order valence-electron chi connectivity index (χ1n) is 6.03. The second kappa shape index (κ2) is 4.81. The summed E-state index contributed by atoms with van der Waals surface area (Å²) in [5, 5.41) is 19.5. The summed E-state index contributed by atoms with van der Waals surface area (Å²) in [6.45, 7) is 3.43. The summed E-state index contributed by atoms with van der Waals surface area (Å²) in [5.41, 5.74) is -0.848. The Morgan fingerprint density at radius 2 is 2.20 bits per heavy atom. The van der Waals surface area contributed by atoms with Gasteiger partial charge in [-0.1, -0.05) is 0 Å². The lowest BCUT2D eigenvalue weighted by Crippen LogP contribution is -2.52. The lowest BCUT2D eigenvalue weighted by Gasteiger charge is -2.38. The quantitative estimate of drug-likeness (QED) is 0.621. The maximum Gasteiger partial charge on any atom is 0.271 e. The molecule has 7 heteroatoms. The maximum atomic E-state index is 12.3. The first-order chi connectivity index (χ1) is 9.36. The third-order valence-corrected chi connectivity index (χ3v) is 3.02. The molecule has 0 saturated carbocycles. The summed E-state index contributed by atoms with van der Waals surface area (Å²) in [6.07, 6.45) is 0.143. The number of non-ortho nitro benzene ring substituents is 1. The number of carbonyl (C=O) groups excluding carboxylic acids is 1. The highest BCUT2D eigenvalue weighted by molar-refractivity contribution is 6.02. The van der Waals surface area contributed by atoms with Crippen LogP contribution in [0.3, 0.4) is 0 Å². The third kappa shape index (κ3) is 2.28. The molecule has 1 aliphatic rings. The molecule has 7 nitrogen and oxygen atoms in total. The van der Waals surface area contributed by atoms with Gasteiger partial charge in [0.05, 0.1) is 23.1 Å². The molecule has 1 amide bonds. The number of ether oxygens (including phenoxy) is 1. The van der Waals surface area contributed by atoms with E-state index in [9.17, 15) is 14.9 Å². The topological polar surface area (TPSA) is 96.5 Å². The van der Waals surface area contributed by atoms with Crippen LogP contribution in [0.4, 0.5) is 11.4 Å². The van der Waals surface area contributed by atoms with Crippen molar-refractivity contribution < 1.29 is 14.5 Å². The maximum absolute atomic E-state index is 12.3. The van der Waals surface area contributed by atoms with Crippen LogP contribution in [0.1, 0.15) is 20.3 Å². The highest BCUT2D eigenvalue weighted by Crippen LogP contribution is 2.39. The molecule has 104 valence electrons. The van der Waals surface area contributed by atoms with Crippen LogP contribution >= 0.6 is 0 Å². The third-order valence-electron chi connectivity index (χ3n) is 3.02. The molecule has 1 aromatic carbocycles. The Bertz CT molecular complexity index is 619. The van der Waals surface area contributed by atoms with Crippen molar-refractivity contribution in [2.75, 3.05) is 11.4 Å². The van der Waals surface area contributed by atoms with Crippen LogP contribution in [0.2, 0.25) is 0 Å². The van der Waals surface area contributed by atoms with Crippen molar-refractivity contribution in [3.8, 4) is 11.8 Å². The number of nitro benzene ring substituents is 1. The lowest BCUT2D eigenvalue weighted by atomic mass is 10.0. The predicted molar refractivity (Wildman–Crippen MR) is 70.4 cm³/mol. The molecule has 0 fully saturated rings. The molecule has 0 saturated heterocycles. The summed E-state index contributed by atoms with van der Waals surface area (Å²) < 4.78 is 5.58. The van der Waals surface area contributed by atoms with E-state index in [2.05, 4.69) is 0 Å². The number of anilines is 1. The van der Waals surface area contributed by atoms with E-state index in [0.29, 0.717) is 11.4 Å². The first kappa shape index (κ1) is 13.8. The molecular formula is C13H13N3O4. The van der Waals surface area contributed by atoms with Crippen LogP contribution in [0, 0.1) is 21.4 Å². The normalized spacial score (nSPS) is 16.1. The van der Waals surface area contributed by atoms with Gasteiger partial charge in [-0.3, -0.25) is 14.9 Å². The Morgan fingerprint density at radius 3 is 2.80 bits per heavy atom. The molecule has 1 aromatic rings. The van der Waals surface area contributed by atoms with Crippen molar-refractivity contribution in [2.45, 2.75) is 25.9 Å². The zero-order chi connectivity index (χ0) is 14.9. The minimum Gasteiger partial charge on any atom is -0.476 e. The van der Waals surface area contributed by atoms with E-state index in [-0.39, 0.29) is 24.6 Å². The van der Waals surface area contributed by atoms with Gasteiger partial charge in [0.15, 0.2) is 5.60 Å². The monoisotopic (exact) mass is 275 g/mol. The van der Waals surface area contributed by atoms with Crippen molar-refractivity contribution >= 4 is 17.3 Å². The van der Waals surface area contributed by atoms with Crippen LogP contribution in [-0.2, 0) is 4.79 Å². The van der Waals surface area contributed by atoms with Crippen LogP contribution in [-0.4, -0.2) is 23.0 Å². The Morgan fingerprint density at radius 1 is 1.50 bits per heavy atom. The number of nitriles is 1. The van der Waals surface area contributed by atoms with Gasteiger partial charge in [0.25, 0.3) is 11.6 Å². The number of fused-ring (bicyclic) bond motifs is 1. The summed E-state index contributed by atoms with van der Waals surface area (Å²) >= 11 is 0. The van der Waals surface area contributed by atoms with Crippen LogP contribution in [0.5, 0.6) is 5.75 Å². The van der Waals surface area contributed by atoms with Gasteiger partial charge in [-0.25, -0.2) is 0 Å². The van der Waals surface area contributed by atoms with Crippen molar-refractivity contribution in [3.05, 3.63) is 28.3 Å². The predicted octanol–water partition coefficient (Wildman–Crippen LogP) is 2.01. The molecule has 0 spiro atoms. The van der Waals surface area contributed by atoms with Crippen LogP contribution < -0.4 is 9.64 Å². The van der Waals surface area contributed by atoms with Gasteiger partial charge in [0.2, 0.25) is 0 Å². The average molecular weight is 275 g/mol. The van der Waals surface area contributed by atoms with Crippen LogP contribution in [0.25, 0.3) is 0 Å². The molecule has 0 unspecified atom stereocenters. The second-order valence-electron chi connectivity index (χ2n) is 4.89. The fraction of sp³-hybridized carbons (Fsp3) is 0.385. The number of carbonyl (C=O) groups is 1. The minimum absolute atomic E-state index is 0.123. The van der Waals surface area contributed by atoms with Gasteiger partial charge in [-0.05, 0) is 19.9 Å². The van der Waals surface area contributed by atoms with Crippen molar-refractivity contribution in [1.82, 2.24) is 0 Å². The molecule has 0 aromatic heterocycles. The van der Waals surface area contributed by atoms with Gasteiger partial charge < -0.3 is 9.64 Å². The van der Waals surface area contributed by atoms with Gasteiger partial charge in [0, 0.05) is 18.7 Å². The molecule has 0 atom stereocenters. The molecule has 1 aliphatic heterocycles. The number of hydrogen-bond acceptors (Lipinski definition) is 5. The van der Waals surface area contributed by atoms with Gasteiger partial charge in [-0.15, -0.1) is 0 Å². The zero-order valence-electron chi connectivity index (χ0n) is 11.1. The number of amides is 1. The summed E-state index contributed by atoms with van der Waals surface area (Å²) in [6, 6.07) is 6.05. The van der Waals surface area contributed by atoms with E-state index in [4.69, 9.17) is 10.00 Å². The van der Waals surface area contributed by atoms with Crippen LogP contribution in [0.15, 0.2) is 18.2 Å². The molecule has 2 rings (SSSR count). The molecular weight excluding hydrogens is 262 g/mol. The van der Waals surface area contributed by atoms with Crippen molar-refractivity contribution in [2.24, 2.45) is 0 Å². The smallest absolute Gasteiger partial charge is 0.271 e. The minimum atomic E-state index is -1.06. The average Bonchev–Trinajstić information content (AvgIpc) is 2.38. The highest BCUT2D eigenvalue weighted by atomic mass is 16.6. The van der Waals surface area contributed by atoms with Crippen molar-refractivity contribution in [1.29, 1.82) is 5.26 Å². The number of benzene rings is 1. The molecule has 0 N–H and O–H groups in total. The Hall–Kier alpha value is -2.62. The fourth-order valence-electron chi connectivity index (χ4n) is 2.05. The zero-order valence-corrected chi connectivity index (χ0v) is 11.1. The van der Waals surface area contributed by atoms with E-state index in [1.54, 1.807) is 13.8 Å². The highest BCUT2D eigenvalue weighted by Gasteiger charge is 2.41. The number of hydrogen-bond donors (Lipinski definition) is 0. The molecule has 20 heavy (non-hydrogen) atoms. The number of rotatable bonds is 3. The number of nitro groups is 1. The van der Waals surface area contributed by atoms with E-state index in [1.807, 2.05) is 6.07 Å². The Labute approximate surface area is 115 Å². The standard InChI is InChI=1S/C13H13N3O4/c1-13(2)12(17)15(7-3-6-14)10-8-9(16(18)19)4-5-11(10)20-13/h4-5,8H,3,7H2,1-2H3.